The van der Waals surface area contributed by atoms with Crippen molar-refractivity contribution in [2.24, 2.45) is 0 Å². The van der Waals surface area contributed by atoms with Gasteiger partial charge < -0.3 is 10.6 Å². The molecule has 0 fully saturated rings. The van der Waals surface area contributed by atoms with Gasteiger partial charge in [0.05, 0.1) is 11.4 Å². The molecule has 3 rings (SSSR count). The minimum Gasteiger partial charge on any atom is -0.356 e. The van der Waals surface area contributed by atoms with E-state index in [1.165, 1.54) is 41.1 Å². The molecule has 0 aliphatic rings. The number of hydrogen-bond donors (Lipinski definition) is 2. The first kappa shape index (κ1) is 22.1. The molecule has 0 saturated heterocycles. The number of nitrogens with zero attached hydrogens (tertiary/aromatic N) is 1. The van der Waals surface area contributed by atoms with Crippen molar-refractivity contribution < 1.29 is 9.59 Å². The lowest BCUT2D eigenvalue weighted by Crippen LogP contribution is -2.21. The number of rotatable bonds is 9. The smallest absolute Gasteiger partial charge is 0.236 e. The molecule has 7 heteroatoms. The van der Waals surface area contributed by atoms with Crippen LogP contribution < -0.4 is 10.6 Å². The van der Waals surface area contributed by atoms with Crippen LogP contribution in [0.1, 0.15) is 24.5 Å². The summed E-state index contributed by atoms with van der Waals surface area (Å²) in [6.45, 7) is 4.26. The second-order valence-electron chi connectivity index (χ2n) is 6.92. The number of nitrogens with one attached hydrogen (secondary N) is 2. The number of thioether (sulfide) groups is 1. The Morgan fingerprint density at radius 3 is 2.60 bits per heavy atom. The number of hydrogen-bond acceptors (Lipinski definition) is 5. The SMILES string of the molecule is CC(=O)NCCCc1ccc(-c2csc(NC(=O)CSc3ccccc3C)n2)cc1. The van der Waals surface area contributed by atoms with Crippen molar-refractivity contribution >= 4 is 40.0 Å². The van der Waals surface area contributed by atoms with E-state index in [0.29, 0.717) is 17.4 Å². The van der Waals surface area contributed by atoms with E-state index in [2.05, 4.69) is 27.8 Å². The van der Waals surface area contributed by atoms with E-state index in [1.54, 1.807) is 0 Å². The van der Waals surface area contributed by atoms with Crippen molar-refractivity contribution in [3.63, 3.8) is 0 Å². The molecule has 1 heterocycles. The maximum Gasteiger partial charge on any atom is 0.236 e. The molecule has 0 spiro atoms. The van der Waals surface area contributed by atoms with Crippen molar-refractivity contribution in [3.05, 3.63) is 65.0 Å². The Morgan fingerprint density at radius 1 is 1.10 bits per heavy atom. The van der Waals surface area contributed by atoms with Crippen LogP contribution in [-0.2, 0) is 16.0 Å². The molecular weight excluding hydrogens is 414 g/mol. The van der Waals surface area contributed by atoms with Gasteiger partial charge in [-0.3, -0.25) is 9.59 Å². The molecule has 0 radical (unpaired) electrons. The predicted molar refractivity (Wildman–Crippen MR) is 125 cm³/mol. The number of anilines is 1. The highest BCUT2D eigenvalue weighted by atomic mass is 32.2. The zero-order valence-electron chi connectivity index (χ0n) is 17.1. The summed E-state index contributed by atoms with van der Waals surface area (Å²) in [6.07, 6.45) is 1.82. The third-order valence-electron chi connectivity index (χ3n) is 4.47. The van der Waals surface area contributed by atoms with Crippen LogP contribution in [0.15, 0.2) is 58.8 Å². The maximum absolute atomic E-state index is 12.3. The number of amides is 2. The standard InChI is InChI=1S/C23H25N3O2S2/c1-16-6-3-4-8-21(16)29-15-22(28)26-23-25-20(14-30-23)19-11-9-18(10-12-19)7-5-13-24-17(2)27/h3-4,6,8-12,14H,5,7,13,15H2,1-2H3,(H,24,27)(H,25,26,28). The first-order valence-corrected chi connectivity index (χ1v) is 11.7. The topological polar surface area (TPSA) is 71.1 Å². The van der Waals surface area contributed by atoms with E-state index >= 15 is 0 Å². The number of benzene rings is 2. The van der Waals surface area contributed by atoms with Crippen molar-refractivity contribution in [2.75, 3.05) is 17.6 Å². The summed E-state index contributed by atoms with van der Waals surface area (Å²) in [5, 5.41) is 8.26. The Hall–Kier alpha value is -2.64. The minimum absolute atomic E-state index is 0.00514. The highest BCUT2D eigenvalue weighted by molar-refractivity contribution is 8.00. The molecule has 1 aromatic heterocycles. The summed E-state index contributed by atoms with van der Waals surface area (Å²) in [5.41, 5.74) is 4.27. The summed E-state index contributed by atoms with van der Waals surface area (Å²) < 4.78 is 0. The molecule has 3 aromatic rings. The van der Waals surface area contributed by atoms with Gasteiger partial charge >= 0.3 is 0 Å². The third-order valence-corrected chi connectivity index (χ3v) is 6.40. The van der Waals surface area contributed by atoms with Crippen LogP contribution in [0.4, 0.5) is 5.13 Å². The Kier molecular flexibility index (Phi) is 8.04. The maximum atomic E-state index is 12.3. The van der Waals surface area contributed by atoms with E-state index < -0.39 is 0 Å². The van der Waals surface area contributed by atoms with Gasteiger partial charge in [-0.05, 0) is 37.0 Å². The summed E-state index contributed by atoms with van der Waals surface area (Å²) >= 11 is 2.96. The number of carbonyl (C=O) groups excluding carboxylic acids is 2. The van der Waals surface area contributed by atoms with Gasteiger partial charge in [-0.15, -0.1) is 23.1 Å². The van der Waals surface area contributed by atoms with Crippen LogP contribution in [0, 0.1) is 6.92 Å². The van der Waals surface area contributed by atoms with E-state index in [1.807, 2.05) is 48.7 Å². The molecule has 2 aromatic carbocycles. The summed E-state index contributed by atoms with van der Waals surface area (Å²) in [6, 6.07) is 16.3. The second kappa shape index (κ2) is 10.9. The molecule has 0 aliphatic heterocycles. The lowest BCUT2D eigenvalue weighted by atomic mass is 10.1. The molecule has 0 saturated carbocycles. The highest BCUT2D eigenvalue weighted by Gasteiger charge is 2.09. The van der Waals surface area contributed by atoms with Gasteiger partial charge in [-0.2, -0.15) is 0 Å². The van der Waals surface area contributed by atoms with Gasteiger partial charge in [0.25, 0.3) is 0 Å². The number of aryl methyl sites for hydroxylation is 2. The van der Waals surface area contributed by atoms with Crippen LogP contribution >= 0.6 is 23.1 Å². The van der Waals surface area contributed by atoms with Crippen LogP contribution in [0.25, 0.3) is 11.3 Å². The largest absolute Gasteiger partial charge is 0.356 e. The fourth-order valence-electron chi connectivity index (χ4n) is 2.88. The molecule has 0 unspecified atom stereocenters. The molecule has 0 atom stereocenters. The van der Waals surface area contributed by atoms with Gasteiger partial charge in [-0.1, -0.05) is 42.5 Å². The van der Waals surface area contributed by atoms with Crippen LogP contribution in [0.3, 0.4) is 0 Å². The summed E-state index contributed by atoms with van der Waals surface area (Å²) in [7, 11) is 0. The van der Waals surface area contributed by atoms with Crippen molar-refractivity contribution in [1.82, 2.24) is 10.3 Å². The first-order chi connectivity index (χ1) is 14.5. The monoisotopic (exact) mass is 439 g/mol. The van der Waals surface area contributed by atoms with Crippen molar-refractivity contribution in [1.29, 1.82) is 0 Å². The van der Waals surface area contributed by atoms with E-state index in [0.717, 1.165) is 29.0 Å². The van der Waals surface area contributed by atoms with Crippen molar-refractivity contribution in [3.8, 4) is 11.3 Å². The zero-order valence-corrected chi connectivity index (χ0v) is 18.7. The lowest BCUT2D eigenvalue weighted by molar-refractivity contribution is -0.119. The van der Waals surface area contributed by atoms with Gasteiger partial charge in [0.2, 0.25) is 11.8 Å². The van der Waals surface area contributed by atoms with Gasteiger partial charge in [0.15, 0.2) is 5.13 Å². The number of carbonyl (C=O) groups is 2. The Labute approximate surface area is 185 Å². The zero-order chi connectivity index (χ0) is 21.3. The fraction of sp³-hybridized carbons (Fsp3) is 0.261. The van der Waals surface area contributed by atoms with Crippen LogP contribution in [0.2, 0.25) is 0 Å². The molecule has 156 valence electrons. The molecule has 30 heavy (non-hydrogen) atoms. The Bertz CT molecular complexity index is 1000. The van der Waals surface area contributed by atoms with Crippen molar-refractivity contribution in [2.45, 2.75) is 31.6 Å². The fourth-order valence-corrected chi connectivity index (χ4v) is 4.44. The first-order valence-electron chi connectivity index (χ1n) is 9.79. The molecule has 2 N–H and O–H groups in total. The average molecular weight is 440 g/mol. The Morgan fingerprint density at radius 2 is 1.87 bits per heavy atom. The number of aromatic nitrogens is 1. The average Bonchev–Trinajstić information content (AvgIpc) is 3.19. The predicted octanol–water partition coefficient (Wildman–Crippen LogP) is 4.92. The summed E-state index contributed by atoms with van der Waals surface area (Å²) in [5.74, 6) is 0.302. The van der Waals surface area contributed by atoms with E-state index in [-0.39, 0.29) is 11.8 Å². The van der Waals surface area contributed by atoms with E-state index in [9.17, 15) is 9.59 Å². The number of thiazole rings is 1. The molecule has 0 aliphatic carbocycles. The molecule has 0 bridgehead atoms. The molecule has 2 amide bonds. The van der Waals surface area contributed by atoms with Gasteiger partial charge in [-0.25, -0.2) is 4.98 Å². The van der Waals surface area contributed by atoms with Gasteiger partial charge in [0.1, 0.15) is 0 Å². The normalized spacial score (nSPS) is 10.6. The van der Waals surface area contributed by atoms with E-state index in [4.69, 9.17) is 0 Å². The van der Waals surface area contributed by atoms with Gasteiger partial charge in [0, 0.05) is 29.3 Å². The minimum atomic E-state index is -0.0568. The Balaban J connectivity index is 1.50. The third kappa shape index (κ3) is 6.71. The summed E-state index contributed by atoms with van der Waals surface area (Å²) in [4.78, 5) is 28.8. The lowest BCUT2D eigenvalue weighted by Gasteiger charge is -2.05. The molecular formula is C23H25N3O2S2. The molecule has 5 nitrogen and oxygen atoms in total. The van der Waals surface area contributed by atoms with Crippen LogP contribution in [0.5, 0.6) is 0 Å². The van der Waals surface area contributed by atoms with Crippen LogP contribution in [-0.4, -0.2) is 29.1 Å². The quantitative estimate of drug-likeness (QED) is 0.367. The second-order valence-corrected chi connectivity index (χ2v) is 8.80. The highest BCUT2D eigenvalue weighted by Crippen LogP contribution is 2.26.